The number of likely N-dealkylation sites (tertiary alicyclic amines) is 1. The predicted molar refractivity (Wildman–Crippen MR) is 108 cm³/mol. The van der Waals surface area contributed by atoms with Crippen molar-refractivity contribution in [2.24, 2.45) is 11.1 Å². The van der Waals surface area contributed by atoms with Crippen LogP contribution in [0.3, 0.4) is 0 Å². The van der Waals surface area contributed by atoms with Gasteiger partial charge in [-0.25, -0.2) is 13.6 Å². The summed E-state index contributed by atoms with van der Waals surface area (Å²) in [5.41, 5.74) is 1.79. The quantitative estimate of drug-likeness (QED) is 0.804. The number of hydrogen-bond donors (Lipinski definition) is 1. The highest BCUT2D eigenvalue weighted by molar-refractivity contribution is 7.89. The number of methoxy groups -OCH3 is 1. The van der Waals surface area contributed by atoms with Crippen molar-refractivity contribution in [1.29, 1.82) is 0 Å². The molecule has 0 spiro atoms. The Morgan fingerprint density at radius 3 is 2.21 bits per heavy atom. The molecule has 2 aromatic rings. The van der Waals surface area contributed by atoms with Crippen molar-refractivity contribution in [2.45, 2.75) is 30.6 Å². The molecule has 0 saturated carbocycles. The summed E-state index contributed by atoms with van der Waals surface area (Å²) in [6.07, 6.45) is 4.10. The van der Waals surface area contributed by atoms with E-state index in [4.69, 9.17) is 9.88 Å². The van der Waals surface area contributed by atoms with Crippen molar-refractivity contribution in [3.05, 3.63) is 59.7 Å². The number of nitrogens with zero attached hydrogens (tertiary/aromatic N) is 1. The van der Waals surface area contributed by atoms with Crippen LogP contribution < -0.4 is 9.88 Å². The van der Waals surface area contributed by atoms with Gasteiger partial charge >= 0.3 is 0 Å². The first-order valence-corrected chi connectivity index (χ1v) is 11.0. The lowest BCUT2D eigenvalue weighted by molar-refractivity contribution is 0.0687. The summed E-state index contributed by atoms with van der Waals surface area (Å²) in [6, 6.07) is 14.0. The Morgan fingerprint density at radius 1 is 1.07 bits per heavy atom. The lowest BCUT2D eigenvalue weighted by Crippen LogP contribution is -2.38. The van der Waals surface area contributed by atoms with Crippen LogP contribution in [0.2, 0.25) is 0 Å². The molecule has 0 atom stereocenters. The SMILES string of the molecule is COc1ccc(CCC2CCN(C(=O)c3ccc(S(N)(=O)=O)cc3)CC2)cc1. The van der Waals surface area contributed by atoms with Gasteiger partial charge in [-0.2, -0.15) is 0 Å². The summed E-state index contributed by atoms with van der Waals surface area (Å²) in [4.78, 5) is 14.5. The summed E-state index contributed by atoms with van der Waals surface area (Å²) in [5.74, 6) is 1.41. The van der Waals surface area contributed by atoms with E-state index in [0.717, 1.165) is 44.5 Å². The molecule has 1 fully saturated rings. The topological polar surface area (TPSA) is 89.7 Å². The fraction of sp³-hybridized carbons (Fsp3) is 0.381. The van der Waals surface area contributed by atoms with Crippen molar-refractivity contribution >= 4 is 15.9 Å². The second-order valence-electron chi connectivity index (χ2n) is 7.19. The number of nitrogens with two attached hydrogens (primary N) is 1. The van der Waals surface area contributed by atoms with Gasteiger partial charge in [-0.1, -0.05) is 12.1 Å². The molecule has 2 aromatic carbocycles. The molecule has 1 aliphatic rings. The van der Waals surface area contributed by atoms with E-state index in [1.54, 1.807) is 7.11 Å². The van der Waals surface area contributed by atoms with Gasteiger partial charge in [-0.15, -0.1) is 0 Å². The van der Waals surface area contributed by atoms with Crippen LogP contribution in [0.5, 0.6) is 5.75 Å². The van der Waals surface area contributed by atoms with Crippen molar-refractivity contribution in [1.82, 2.24) is 4.90 Å². The average Bonchev–Trinajstić information content (AvgIpc) is 2.72. The van der Waals surface area contributed by atoms with Crippen molar-refractivity contribution in [2.75, 3.05) is 20.2 Å². The van der Waals surface area contributed by atoms with Crippen LogP contribution in [0.25, 0.3) is 0 Å². The number of amides is 1. The monoisotopic (exact) mass is 402 g/mol. The Morgan fingerprint density at radius 2 is 1.68 bits per heavy atom. The molecule has 0 unspecified atom stereocenters. The first kappa shape index (κ1) is 20.4. The third-order valence-electron chi connectivity index (χ3n) is 5.33. The number of carbonyl (C=O) groups is 1. The molecular weight excluding hydrogens is 376 g/mol. The van der Waals surface area contributed by atoms with Crippen LogP contribution >= 0.6 is 0 Å². The first-order chi connectivity index (χ1) is 13.4. The Balaban J connectivity index is 1.49. The van der Waals surface area contributed by atoms with Gasteiger partial charge in [0.05, 0.1) is 12.0 Å². The van der Waals surface area contributed by atoms with E-state index in [0.29, 0.717) is 11.5 Å². The fourth-order valence-electron chi connectivity index (χ4n) is 3.56. The number of benzene rings is 2. The van der Waals surface area contributed by atoms with Crippen molar-refractivity contribution in [3.63, 3.8) is 0 Å². The van der Waals surface area contributed by atoms with E-state index in [1.165, 1.54) is 29.8 Å². The van der Waals surface area contributed by atoms with Crippen LogP contribution in [0.1, 0.15) is 35.2 Å². The maximum absolute atomic E-state index is 12.6. The molecule has 0 aliphatic carbocycles. The molecule has 1 amide bonds. The number of hydrogen-bond acceptors (Lipinski definition) is 4. The zero-order valence-corrected chi connectivity index (χ0v) is 16.8. The van der Waals surface area contributed by atoms with Gasteiger partial charge in [0.2, 0.25) is 10.0 Å². The molecule has 0 radical (unpaired) electrons. The zero-order chi connectivity index (χ0) is 20.1. The number of primary sulfonamides is 1. The largest absolute Gasteiger partial charge is 0.497 e. The molecule has 1 aliphatic heterocycles. The Hall–Kier alpha value is -2.38. The van der Waals surface area contributed by atoms with Crippen molar-refractivity contribution < 1.29 is 17.9 Å². The molecule has 150 valence electrons. The van der Waals surface area contributed by atoms with E-state index in [2.05, 4.69) is 12.1 Å². The Labute approximate surface area is 166 Å². The summed E-state index contributed by atoms with van der Waals surface area (Å²) in [6.45, 7) is 1.45. The molecule has 0 bridgehead atoms. The maximum atomic E-state index is 12.6. The third-order valence-corrected chi connectivity index (χ3v) is 6.26. The normalized spacial score (nSPS) is 15.4. The van der Waals surface area contributed by atoms with Gasteiger partial charge in [0, 0.05) is 18.7 Å². The number of sulfonamides is 1. The molecule has 1 saturated heterocycles. The molecule has 2 N–H and O–H groups in total. The zero-order valence-electron chi connectivity index (χ0n) is 16.0. The molecule has 28 heavy (non-hydrogen) atoms. The lowest BCUT2D eigenvalue weighted by Gasteiger charge is -2.32. The maximum Gasteiger partial charge on any atom is 0.253 e. The Bertz CT molecular complexity index is 900. The molecule has 0 aromatic heterocycles. The number of ether oxygens (including phenoxy) is 1. The number of piperidine rings is 1. The minimum Gasteiger partial charge on any atom is -0.497 e. The highest BCUT2D eigenvalue weighted by Gasteiger charge is 2.23. The molecule has 1 heterocycles. The summed E-state index contributed by atoms with van der Waals surface area (Å²) in [5, 5.41) is 5.10. The molecular formula is C21H26N2O4S. The first-order valence-electron chi connectivity index (χ1n) is 9.42. The van der Waals surface area contributed by atoms with Gasteiger partial charge in [0.1, 0.15) is 5.75 Å². The minimum absolute atomic E-state index is 0.0151. The van der Waals surface area contributed by atoms with Gasteiger partial charge in [-0.05, 0) is 73.6 Å². The van der Waals surface area contributed by atoms with E-state index in [1.807, 2.05) is 17.0 Å². The second-order valence-corrected chi connectivity index (χ2v) is 8.75. The Kier molecular flexibility index (Phi) is 6.36. The van der Waals surface area contributed by atoms with E-state index in [-0.39, 0.29) is 10.8 Å². The van der Waals surface area contributed by atoms with E-state index < -0.39 is 10.0 Å². The molecule has 3 rings (SSSR count). The number of aryl methyl sites for hydroxylation is 1. The molecule has 7 heteroatoms. The van der Waals surface area contributed by atoms with E-state index >= 15 is 0 Å². The second kappa shape index (κ2) is 8.75. The van der Waals surface area contributed by atoms with Crippen molar-refractivity contribution in [3.8, 4) is 5.75 Å². The highest BCUT2D eigenvalue weighted by atomic mass is 32.2. The third kappa shape index (κ3) is 5.11. The number of carbonyl (C=O) groups excluding carboxylic acids is 1. The van der Waals surface area contributed by atoms with Crippen LogP contribution in [0.4, 0.5) is 0 Å². The van der Waals surface area contributed by atoms with E-state index in [9.17, 15) is 13.2 Å². The van der Waals surface area contributed by atoms with Gasteiger partial charge in [-0.3, -0.25) is 4.79 Å². The van der Waals surface area contributed by atoms with Gasteiger partial charge in [0.25, 0.3) is 5.91 Å². The predicted octanol–water partition coefficient (Wildman–Crippen LogP) is 2.83. The van der Waals surface area contributed by atoms with Crippen LogP contribution in [-0.2, 0) is 16.4 Å². The van der Waals surface area contributed by atoms with Crippen LogP contribution in [-0.4, -0.2) is 39.4 Å². The standard InChI is InChI=1S/C21H26N2O4S/c1-27-19-8-4-16(5-9-19)2-3-17-12-14-23(15-13-17)21(24)18-6-10-20(11-7-18)28(22,25)26/h4-11,17H,2-3,12-15H2,1H3,(H2,22,25,26). The average molecular weight is 403 g/mol. The fourth-order valence-corrected chi connectivity index (χ4v) is 4.07. The van der Waals surface area contributed by atoms with Gasteiger partial charge < -0.3 is 9.64 Å². The number of rotatable bonds is 6. The van der Waals surface area contributed by atoms with Crippen LogP contribution in [0.15, 0.2) is 53.4 Å². The molecule has 6 nitrogen and oxygen atoms in total. The smallest absolute Gasteiger partial charge is 0.253 e. The van der Waals surface area contributed by atoms with Gasteiger partial charge in [0.15, 0.2) is 0 Å². The summed E-state index contributed by atoms with van der Waals surface area (Å²) >= 11 is 0. The lowest BCUT2D eigenvalue weighted by atomic mass is 9.90. The summed E-state index contributed by atoms with van der Waals surface area (Å²) in [7, 11) is -2.08. The summed E-state index contributed by atoms with van der Waals surface area (Å²) < 4.78 is 27.8. The minimum atomic E-state index is -3.74. The van der Waals surface area contributed by atoms with Crippen LogP contribution in [0, 0.1) is 5.92 Å². The highest BCUT2D eigenvalue weighted by Crippen LogP contribution is 2.24.